The molecule has 9 heavy (non-hydrogen) atoms. The van der Waals surface area contributed by atoms with Gasteiger partial charge in [-0.25, -0.2) is 0 Å². The number of rotatable bonds is 4. The van der Waals surface area contributed by atoms with Crippen LogP contribution in [0.4, 0.5) is 0 Å². The zero-order valence-electron chi connectivity index (χ0n) is 6.48. The van der Waals surface area contributed by atoms with Crippen LogP contribution in [0.1, 0.15) is 33.6 Å². The third kappa shape index (κ3) is 5.54. The van der Waals surface area contributed by atoms with Crippen molar-refractivity contribution in [2.45, 2.75) is 33.6 Å². The van der Waals surface area contributed by atoms with Crippen LogP contribution in [0.25, 0.3) is 0 Å². The first-order valence-electron chi connectivity index (χ1n) is 3.52. The summed E-state index contributed by atoms with van der Waals surface area (Å²) in [6, 6.07) is 0. The minimum atomic E-state index is 0.267. The third-order valence-corrected chi connectivity index (χ3v) is 1.17. The van der Waals surface area contributed by atoms with Crippen LogP contribution in [-0.4, -0.2) is 5.78 Å². The summed E-state index contributed by atoms with van der Waals surface area (Å²) < 4.78 is 0. The summed E-state index contributed by atoms with van der Waals surface area (Å²) in [4.78, 5) is 10.7. The van der Waals surface area contributed by atoms with Crippen LogP contribution in [0.2, 0.25) is 0 Å². The molecule has 0 aliphatic heterocycles. The Balaban J connectivity index is 3.17. The molecule has 0 atom stereocenters. The Labute approximate surface area is 57.5 Å². The first kappa shape index (κ1) is 8.67. The molecule has 0 rings (SSSR count). The van der Waals surface area contributed by atoms with Crippen molar-refractivity contribution in [3.8, 4) is 0 Å². The number of hydrogen-bond donors (Lipinski definition) is 0. The Morgan fingerprint density at radius 2 is 2.11 bits per heavy atom. The van der Waals surface area contributed by atoms with Gasteiger partial charge in [-0.3, -0.25) is 4.79 Å². The van der Waals surface area contributed by atoms with Crippen molar-refractivity contribution < 1.29 is 4.79 Å². The van der Waals surface area contributed by atoms with Gasteiger partial charge < -0.3 is 0 Å². The highest BCUT2D eigenvalue weighted by atomic mass is 16.1. The second-order valence-electron chi connectivity index (χ2n) is 2.65. The van der Waals surface area contributed by atoms with E-state index in [1.54, 1.807) is 6.42 Å². The van der Waals surface area contributed by atoms with Crippen molar-refractivity contribution in [3.05, 3.63) is 6.42 Å². The monoisotopic (exact) mass is 127 g/mol. The summed E-state index contributed by atoms with van der Waals surface area (Å²) in [5.74, 6) is 0.879. The predicted octanol–water partition coefficient (Wildman–Crippen LogP) is 2.22. The molecule has 1 radical (unpaired) electrons. The Hall–Kier alpha value is -0.330. The summed E-state index contributed by atoms with van der Waals surface area (Å²) in [6.07, 6.45) is 3.35. The van der Waals surface area contributed by atoms with Crippen molar-refractivity contribution in [1.82, 2.24) is 0 Å². The van der Waals surface area contributed by atoms with Gasteiger partial charge in [0.15, 0.2) is 0 Å². The highest BCUT2D eigenvalue weighted by molar-refractivity contribution is 5.86. The van der Waals surface area contributed by atoms with Gasteiger partial charge in [-0.05, 0) is 12.3 Å². The number of Topliss-reactive ketones (excluding diaryl/α,β-unsaturated/α-hetero) is 1. The van der Waals surface area contributed by atoms with Crippen LogP contribution >= 0.6 is 0 Å². The molecule has 0 fully saturated rings. The van der Waals surface area contributed by atoms with E-state index >= 15 is 0 Å². The average Bonchev–Trinajstić information content (AvgIpc) is 1.83. The van der Waals surface area contributed by atoms with Gasteiger partial charge in [-0.15, -0.1) is 0 Å². The fourth-order valence-corrected chi connectivity index (χ4v) is 0.511. The Bertz CT molecular complexity index is 84.6. The third-order valence-electron chi connectivity index (χ3n) is 1.17. The van der Waals surface area contributed by atoms with Gasteiger partial charge in [0.1, 0.15) is 5.78 Å². The molecule has 0 heterocycles. The van der Waals surface area contributed by atoms with Crippen molar-refractivity contribution in [1.29, 1.82) is 0 Å². The second kappa shape index (κ2) is 4.54. The van der Waals surface area contributed by atoms with Gasteiger partial charge in [0.25, 0.3) is 0 Å². The number of ketones is 1. The second-order valence-corrected chi connectivity index (χ2v) is 2.65. The quantitative estimate of drug-likeness (QED) is 0.566. The maximum absolute atomic E-state index is 10.7. The van der Waals surface area contributed by atoms with Gasteiger partial charge >= 0.3 is 0 Å². The van der Waals surface area contributed by atoms with Crippen molar-refractivity contribution in [3.63, 3.8) is 0 Å². The molecule has 0 aromatic rings. The van der Waals surface area contributed by atoms with E-state index < -0.39 is 0 Å². The van der Waals surface area contributed by atoms with Crippen LogP contribution in [-0.2, 0) is 4.79 Å². The first-order valence-corrected chi connectivity index (χ1v) is 3.52. The Morgan fingerprint density at radius 1 is 1.56 bits per heavy atom. The smallest absolute Gasteiger partial charge is 0.136 e. The summed E-state index contributed by atoms with van der Waals surface area (Å²) >= 11 is 0. The number of hydrogen-bond acceptors (Lipinski definition) is 1. The summed E-state index contributed by atoms with van der Waals surface area (Å²) in [5.41, 5.74) is 0. The molecule has 0 unspecified atom stereocenters. The molecule has 0 aromatic carbocycles. The Kier molecular flexibility index (Phi) is 4.37. The summed E-state index contributed by atoms with van der Waals surface area (Å²) in [6.45, 7) is 6.11. The SMILES string of the molecule is CCC(=O)[CH]CC(C)C. The average molecular weight is 127 g/mol. The minimum absolute atomic E-state index is 0.267. The highest BCUT2D eigenvalue weighted by Gasteiger charge is 1.99. The van der Waals surface area contributed by atoms with Gasteiger partial charge in [0.2, 0.25) is 0 Å². The van der Waals surface area contributed by atoms with Crippen LogP contribution in [0, 0.1) is 12.3 Å². The van der Waals surface area contributed by atoms with Crippen molar-refractivity contribution in [2.24, 2.45) is 5.92 Å². The standard InChI is InChI=1S/C8H15O/c1-4-8(9)6-5-7(2)3/h6-7H,4-5H2,1-3H3. The topological polar surface area (TPSA) is 17.1 Å². The lowest BCUT2D eigenvalue weighted by molar-refractivity contribution is -0.115. The Morgan fingerprint density at radius 3 is 2.44 bits per heavy atom. The van der Waals surface area contributed by atoms with Crippen LogP contribution in [0.15, 0.2) is 0 Å². The van der Waals surface area contributed by atoms with E-state index in [0.29, 0.717) is 12.3 Å². The molecule has 0 amide bonds. The molecule has 0 aliphatic rings. The fraction of sp³-hybridized carbons (Fsp3) is 0.750. The van der Waals surface area contributed by atoms with E-state index in [1.807, 2.05) is 6.92 Å². The molecule has 0 aromatic heterocycles. The normalized spacial score (nSPS) is 10.2. The summed E-state index contributed by atoms with van der Waals surface area (Å²) in [7, 11) is 0. The molecule has 0 aliphatic carbocycles. The fourth-order valence-electron chi connectivity index (χ4n) is 0.511. The van der Waals surface area contributed by atoms with E-state index in [1.165, 1.54) is 0 Å². The molecular weight excluding hydrogens is 112 g/mol. The predicted molar refractivity (Wildman–Crippen MR) is 39.1 cm³/mol. The molecule has 0 spiro atoms. The van der Waals surface area contributed by atoms with Crippen molar-refractivity contribution in [2.75, 3.05) is 0 Å². The van der Waals surface area contributed by atoms with E-state index in [2.05, 4.69) is 13.8 Å². The zero-order valence-corrected chi connectivity index (χ0v) is 6.48. The van der Waals surface area contributed by atoms with Crippen molar-refractivity contribution >= 4 is 5.78 Å². The molecule has 0 bridgehead atoms. The molecule has 53 valence electrons. The number of carbonyl (C=O) groups excluding carboxylic acids is 1. The molecule has 0 N–H and O–H groups in total. The highest BCUT2D eigenvalue weighted by Crippen LogP contribution is 2.03. The van der Waals surface area contributed by atoms with Crippen LogP contribution in [0.5, 0.6) is 0 Å². The first-order chi connectivity index (χ1) is 4.16. The van der Waals surface area contributed by atoms with Gasteiger partial charge in [0, 0.05) is 12.8 Å². The summed E-state index contributed by atoms with van der Waals surface area (Å²) in [5, 5.41) is 0. The molecule has 1 heteroatoms. The van der Waals surface area contributed by atoms with Gasteiger partial charge in [-0.1, -0.05) is 20.8 Å². The molecule has 0 saturated carbocycles. The maximum atomic E-state index is 10.7. The molecule has 1 nitrogen and oxygen atoms in total. The maximum Gasteiger partial charge on any atom is 0.136 e. The largest absolute Gasteiger partial charge is 0.299 e. The zero-order chi connectivity index (χ0) is 7.28. The molecule has 0 saturated heterocycles. The van der Waals surface area contributed by atoms with E-state index in [-0.39, 0.29) is 5.78 Å². The van der Waals surface area contributed by atoms with Crippen LogP contribution < -0.4 is 0 Å². The lowest BCUT2D eigenvalue weighted by Crippen LogP contribution is -1.98. The van der Waals surface area contributed by atoms with E-state index in [9.17, 15) is 4.79 Å². The lowest BCUT2D eigenvalue weighted by Gasteiger charge is -1.99. The number of carbonyl (C=O) groups is 1. The van der Waals surface area contributed by atoms with Gasteiger partial charge in [0.05, 0.1) is 0 Å². The van der Waals surface area contributed by atoms with E-state index in [4.69, 9.17) is 0 Å². The van der Waals surface area contributed by atoms with E-state index in [0.717, 1.165) is 6.42 Å². The van der Waals surface area contributed by atoms with Crippen LogP contribution in [0.3, 0.4) is 0 Å². The minimum Gasteiger partial charge on any atom is -0.299 e. The lowest BCUT2D eigenvalue weighted by atomic mass is 10.1. The van der Waals surface area contributed by atoms with Gasteiger partial charge in [-0.2, -0.15) is 0 Å². The molecular formula is C8H15O.